The molecule has 2 rings (SSSR count). The van der Waals surface area contributed by atoms with Gasteiger partial charge < -0.3 is 9.84 Å². The molecule has 1 aliphatic heterocycles. The fraction of sp³-hybridized carbons (Fsp3) is 0.625. The molecule has 1 N–H and O–H groups in total. The van der Waals surface area contributed by atoms with Crippen LogP contribution in [0.4, 0.5) is 0 Å². The number of hydrogen-bond donors (Lipinski definition) is 1. The van der Waals surface area contributed by atoms with Gasteiger partial charge in [-0.25, -0.2) is 0 Å². The molecule has 1 aliphatic rings. The summed E-state index contributed by atoms with van der Waals surface area (Å²) >= 11 is 0. The number of rotatable bonds is 2. The Morgan fingerprint density at radius 3 is 2.61 bits per heavy atom. The zero-order valence-corrected chi connectivity index (χ0v) is 11.9. The van der Waals surface area contributed by atoms with Gasteiger partial charge in [0, 0.05) is 13.0 Å². The summed E-state index contributed by atoms with van der Waals surface area (Å²) in [6.07, 6.45) is 3.36. The first kappa shape index (κ1) is 13.4. The Morgan fingerprint density at radius 2 is 2.06 bits per heavy atom. The van der Waals surface area contributed by atoms with Crippen LogP contribution in [0.2, 0.25) is 0 Å². The van der Waals surface area contributed by atoms with Crippen LogP contribution in [0, 0.1) is 6.92 Å². The molecule has 1 atom stereocenters. The molecule has 0 aromatic heterocycles. The highest BCUT2D eigenvalue weighted by Crippen LogP contribution is 2.35. The Labute approximate surface area is 110 Å². The van der Waals surface area contributed by atoms with Crippen LogP contribution in [0.1, 0.15) is 50.3 Å². The predicted molar refractivity (Wildman–Crippen MR) is 74.2 cm³/mol. The second kappa shape index (κ2) is 4.93. The van der Waals surface area contributed by atoms with Crippen molar-refractivity contribution in [2.24, 2.45) is 0 Å². The minimum absolute atomic E-state index is 0.0264. The van der Waals surface area contributed by atoms with Crippen molar-refractivity contribution >= 4 is 0 Å². The third-order valence-corrected chi connectivity index (χ3v) is 3.61. The van der Waals surface area contributed by atoms with Crippen molar-refractivity contribution in [3.05, 3.63) is 28.8 Å². The lowest BCUT2D eigenvalue weighted by Crippen LogP contribution is -2.14. The predicted octanol–water partition coefficient (Wildman–Crippen LogP) is 3.72. The van der Waals surface area contributed by atoms with Crippen LogP contribution < -0.4 is 0 Å². The molecule has 0 spiro atoms. The average Bonchev–Trinajstić information content (AvgIpc) is 2.74. The maximum Gasteiger partial charge on any atom is 0.122 e. The van der Waals surface area contributed by atoms with E-state index < -0.39 is 0 Å². The van der Waals surface area contributed by atoms with E-state index in [-0.39, 0.29) is 11.5 Å². The molecule has 18 heavy (non-hydrogen) atoms. The molecule has 0 amide bonds. The number of benzene rings is 1. The summed E-state index contributed by atoms with van der Waals surface area (Å²) in [4.78, 5) is 0. The molecule has 1 saturated heterocycles. The molecule has 1 aromatic rings. The monoisotopic (exact) mass is 248 g/mol. The van der Waals surface area contributed by atoms with E-state index in [4.69, 9.17) is 4.74 Å². The Kier molecular flexibility index (Phi) is 3.67. The van der Waals surface area contributed by atoms with Gasteiger partial charge in [0.2, 0.25) is 0 Å². The van der Waals surface area contributed by atoms with Crippen LogP contribution in [0.25, 0.3) is 0 Å². The molecule has 100 valence electrons. The standard InChI is InChI=1S/C16H24O2/c1-11-8-12(10-13-6-5-7-18-13)15(17)14(9-11)16(2,3)4/h8-9,13,17H,5-7,10H2,1-4H3. The summed E-state index contributed by atoms with van der Waals surface area (Å²) in [6, 6.07) is 4.18. The third kappa shape index (κ3) is 2.86. The topological polar surface area (TPSA) is 29.5 Å². The SMILES string of the molecule is Cc1cc(CC2CCCO2)c(O)c(C(C)(C)C)c1. The van der Waals surface area contributed by atoms with Crippen LogP contribution in [0.5, 0.6) is 5.75 Å². The lowest BCUT2D eigenvalue weighted by molar-refractivity contribution is 0.111. The summed E-state index contributed by atoms with van der Waals surface area (Å²) in [5, 5.41) is 10.5. The van der Waals surface area contributed by atoms with Gasteiger partial charge >= 0.3 is 0 Å². The lowest BCUT2D eigenvalue weighted by Gasteiger charge is -2.23. The quantitative estimate of drug-likeness (QED) is 0.864. The number of aromatic hydroxyl groups is 1. The molecule has 2 nitrogen and oxygen atoms in total. The van der Waals surface area contributed by atoms with Crippen molar-refractivity contribution in [2.75, 3.05) is 6.61 Å². The summed E-state index contributed by atoms with van der Waals surface area (Å²) in [5.74, 6) is 0.462. The van der Waals surface area contributed by atoms with E-state index >= 15 is 0 Å². The molecular formula is C16H24O2. The summed E-state index contributed by atoms with van der Waals surface area (Å²) in [6.45, 7) is 9.36. The fourth-order valence-electron chi connectivity index (χ4n) is 2.63. The second-order valence-corrected chi connectivity index (χ2v) is 6.41. The van der Waals surface area contributed by atoms with E-state index in [0.717, 1.165) is 37.0 Å². The van der Waals surface area contributed by atoms with Gasteiger partial charge in [-0.3, -0.25) is 0 Å². The fourth-order valence-corrected chi connectivity index (χ4v) is 2.63. The molecule has 1 heterocycles. The van der Waals surface area contributed by atoms with Crippen LogP contribution in [0.3, 0.4) is 0 Å². The van der Waals surface area contributed by atoms with Gasteiger partial charge in [-0.05, 0) is 36.3 Å². The highest BCUT2D eigenvalue weighted by atomic mass is 16.5. The van der Waals surface area contributed by atoms with Gasteiger partial charge in [-0.1, -0.05) is 38.5 Å². The van der Waals surface area contributed by atoms with Crippen molar-refractivity contribution in [1.82, 2.24) is 0 Å². The molecule has 0 saturated carbocycles. The van der Waals surface area contributed by atoms with Crippen LogP contribution >= 0.6 is 0 Å². The van der Waals surface area contributed by atoms with Crippen molar-refractivity contribution < 1.29 is 9.84 Å². The molecule has 0 radical (unpaired) electrons. The normalized spacial score (nSPS) is 20.3. The van der Waals surface area contributed by atoms with Gasteiger partial charge in [0.05, 0.1) is 6.10 Å². The first-order valence-corrected chi connectivity index (χ1v) is 6.82. The molecule has 1 fully saturated rings. The zero-order valence-electron chi connectivity index (χ0n) is 11.9. The van der Waals surface area contributed by atoms with Crippen molar-refractivity contribution in [2.45, 2.75) is 58.5 Å². The molecular weight excluding hydrogens is 224 g/mol. The number of phenols is 1. The third-order valence-electron chi connectivity index (χ3n) is 3.61. The molecule has 2 heteroatoms. The first-order chi connectivity index (χ1) is 8.38. The highest BCUT2D eigenvalue weighted by Gasteiger charge is 2.23. The minimum Gasteiger partial charge on any atom is -0.507 e. The maximum absolute atomic E-state index is 10.5. The number of phenolic OH excluding ortho intramolecular Hbond substituents is 1. The van der Waals surface area contributed by atoms with Crippen LogP contribution in [-0.2, 0) is 16.6 Å². The van der Waals surface area contributed by atoms with Crippen molar-refractivity contribution in [3.63, 3.8) is 0 Å². The van der Waals surface area contributed by atoms with E-state index in [2.05, 4.69) is 39.8 Å². The van der Waals surface area contributed by atoms with E-state index in [9.17, 15) is 5.11 Å². The van der Waals surface area contributed by atoms with Crippen molar-refractivity contribution in [1.29, 1.82) is 0 Å². The molecule has 1 aromatic carbocycles. The summed E-state index contributed by atoms with van der Waals surface area (Å²) in [5.41, 5.74) is 3.26. The summed E-state index contributed by atoms with van der Waals surface area (Å²) < 4.78 is 5.67. The Hall–Kier alpha value is -1.02. The first-order valence-electron chi connectivity index (χ1n) is 6.82. The van der Waals surface area contributed by atoms with Crippen LogP contribution in [-0.4, -0.2) is 17.8 Å². The average molecular weight is 248 g/mol. The number of ether oxygens (including phenoxy) is 1. The second-order valence-electron chi connectivity index (χ2n) is 6.41. The largest absolute Gasteiger partial charge is 0.507 e. The highest BCUT2D eigenvalue weighted by molar-refractivity contribution is 5.47. The maximum atomic E-state index is 10.5. The molecule has 1 unspecified atom stereocenters. The molecule has 0 aliphatic carbocycles. The van der Waals surface area contributed by atoms with Gasteiger partial charge in [0.1, 0.15) is 5.75 Å². The van der Waals surface area contributed by atoms with Gasteiger partial charge in [-0.15, -0.1) is 0 Å². The summed E-state index contributed by atoms with van der Waals surface area (Å²) in [7, 11) is 0. The smallest absolute Gasteiger partial charge is 0.122 e. The Balaban J connectivity index is 2.32. The van der Waals surface area contributed by atoms with Crippen LogP contribution in [0.15, 0.2) is 12.1 Å². The van der Waals surface area contributed by atoms with Gasteiger partial charge in [0.25, 0.3) is 0 Å². The molecule has 0 bridgehead atoms. The number of aryl methyl sites for hydroxylation is 1. The van der Waals surface area contributed by atoms with Gasteiger partial charge in [0.15, 0.2) is 0 Å². The van der Waals surface area contributed by atoms with E-state index in [1.165, 1.54) is 5.56 Å². The minimum atomic E-state index is -0.0264. The van der Waals surface area contributed by atoms with Gasteiger partial charge in [-0.2, -0.15) is 0 Å². The lowest BCUT2D eigenvalue weighted by atomic mass is 9.83. The van der Waals surface area contributed by atoms with Crippen molar-refractivity contribution in [3.8, 4) is 5.75 Å². The Bertz CT molecular complexity index is 423. The Morgan fingerprint density at radius 1 is 1.33 bits per heavy atom. The number of hydrogen-bond acceptors (Lipinski definition) is 2. The zero-order chi connectivity index (χ0) is 13.3. The van der Waals surface area contributed by atoms with E-state index in [1.54, 1.807) is 0 Å². The van der Waals surface area contributed by atoms with E-state index in [1.807, 2.05) is 0 Å². The van der Waals surface area contributed by atoms with E-state index in [0.29, 0.717) is 5.75 Å².